The number of nitrogens with two attached hydrogens (primary N) is 1. The second kappa shape index (κ2) is 9.23. The lowest BCUT2D eigenvalue weighted by molar-refractivity contribution is -0.136. The van der Waals surface area contributed by atoms with Gasteiger partial charge in [0.2, 0.25) is 11.8 Å². The zero-order valence-electron chi connectivity index (χ0n) is 14.3. The third kappa shape index (κ3) is 5.46. The van der Waals surface area contributed by atoms with Crippen LogP contribution in [0.2, 0.25) is 0 Å². The highest BCUT2D eigenvalue weighted by atomic mass is 16.5. The third-order valence-electron chi connectivity index (χ3n) is 4.95. The van der Waals surface area contributed by atoms with Gasteiger partial charge in [-0.25, -0.2) is 0 Å². The maximum Gasteiger partial charge on any atom is 0.239 e. The fraction of sp³-hybridized carbons (Fsp3) is 0.882. The lowest BCUT2D eigenvalue weighted by Gasteiger charge is -2.36. The van der Waals surface area contributed by atoms with E-state index >= 15 is 0 Å². The van der Waals surface area contributed by atoms with Gasteiger partial charge in [-0.3, -0.25) is 9.59 Å². The van der Waals surface area contributed by atoms with Crippen molar-refractivity contribution in [2.24, 2.45) is 17.6 Å². The van der Waals surface area contributed by atoms with E-state index in [1.54, 1.807) is 0 Å². The zero-order valence-corrected chi connectivity index (χ0v) is 14.3. The first-order chi connectivity index (χ1) is 11.1. The van der Waals surface area contributed by atoms with Gasteiger partial charge >= 0.3 is 0 Å². The van der Waals surface area contributed by atoms with E-state index in [4.69, 9.17) is 10.5 Å². The number of hydrogen-bond acceptors (Lipinski definition) is 4. The number of piperidine rings is 1. The molecule has 3 N–H and O–H groups in total. The summed E-state index contributed by atoms with van der Waals surface area (Å²) in [5.74, 6) is 0.757. The van der Waals surface area contributed by atoms with E-state index in [1.807, 2.05) is 11.8 Å². The molecule has 6 heteroatoms. The van der Waals surface area contributed by atoms with E-state index < -0.39 is 6.04 Å². The Bertz CT molecular complexity index is 397. The highest BCUT2D eigenvalue weighted by molar-refractivity contribution is 5.82. The molecule has 2 atom stereocenters. The molecule has 2 heterocycles. The highest BCUT2D eigenvalue weighted by Gasteiger charge is 2.32. The number of nitrogens with zero attached hydrogens (tertiary/aromatic N) is 1. The van der Waals surface area contributed by atoms with Crippen molar-refractivity contribution in [3.8, 4) is 0 Å². The number of carbonyl (C=O) groups excluding carboxylic acids is 2. The van der Waals surface area contributed by atoms with Crippen LogP contribution in [0.1, 0.15) is 45.4 Å². The number of carbonyl (C=O) groups is 2. The lowest BCUT2D eigenvalue weighted by Crippen LogP contribution is -2.52. The molecule has 0 aliphatic carbocycles. The summed E-state index contributed by atoms with van der Waals surface area (Å²) in [5.41, 5.74) is 6.21. The third-order valence-corrected chi connectivity index (χ3v) is 4.95. The van der Waals surface area contributed by atoms with Gasteiger partial charge in [0.05, 0.1) is 6.04 Å². The van der Waals surface area contributed by atoms with E-state index in [0.717, 1.165) is 38.6 Å². The number of likely N-dealkylation sites (tertiary alicyclic amines) is 1. The first kappa shape index (κ1) is 18.2. The van der Waals surface area contributed by atoms with Gasteiger partial charge in [-0.2, -0.15) is 0 Å². The van der Waals surface area contributed by atoms with Crippen molar-refractivity contribution in [1.29, 1.82) is 0 Å². The summed E-state index contributed by atoms with van der Waals surface area (Å²) in [6.45, 7) is 5.57. The Kier molecular flexibility index (Phi) is 7.30. The molecule has 0 saturated carbocycles. The molecule has 0 bridgehead atoms. The maximum atomic E-state index is 12.7. The molecule has 2 amide bonds. The van der Waals surface area contributed by atoms with Gasteiger partial charge in [0, 0.05) is 39.3 Å². The minimum absolute atomic E-state index is 0.0708. The Balaban J connectivity index is 1.79. The predicted octanol–water partition coefficient (Wildman–Crippen LogP) is 0.895. The Morgan fingerprint density at radius 2 is 2.04 bits per heavy atom. The van der Waals surface area contributed by atoms with E-state index in [1.165, 1.54) is 0 Å². The molecule has 0 spiro atoms. The largest absolute Gasteiger partial charge is 0.381 e. The monoisotopic (exact) mass is 325 g/mol. The second-order valence-corrected chi connectivity index (χ2v) is 6.82. The number of hydrogen-bond donors (Lipinski definition) is 2. The van der Waals surface area contributed by atoms with Gasteiger partial charge in [0.25, 0.3) is 0 Å². The number of ether oxygens (including phenoxy) is 1. The first-order valence-corrected chi connectivity index (χ1v) is 9.00. The Labute approximate surface area is 139 Å². The minimum atomic E-state index is -0.410. The molecule has 2 fully saturated rings. The summed E-state index contributed by atoms with van der Waals surface area (Å²) in [5, 5.41) is 2.98. The molecule has 0 radical (unpaired) electrons. The first-order valence-electron chi connectivity index (χ1n) is 9.00. The van der Waals surface area contributed by atoms with Gasteiger partial charge in [-0.05, 0) is 43.9 Å². The van der Waals surface area contributed by atoms with Gasteiger partial charge in [-0.15, -0.1) is 0 Å². The molecule has 2 rings (SSSR count). The molecular formula is C17H31N3O3. The molecule has 0 aromatic rings. The predicted molar refractivity (Wildman–Crippen MR) is 88.7 cm³/mol. The Morgan fingerprint density at radius 1 is 1.30 bits per heavy atom. The number of nitrogens with one attached hydrogen (secondary N) is 1. The van der Waals surface area contributed by atoms with Crippen molar-refractivity contribution in [3.05, 3.63) is 0 Å². The normalized spacial score (nSPS) is 24.3. The van der Waals surface area contributed by atoms with Crippen LogP contribution in [-0.2, 0) is 14.3 Å². The molecule has 132 valence electrons. The quantitative estimate of drug-likeness (QED) is 0.760. The van der Waals surface area contributed by atoms with E-state index in [0.29, 0.717) is 38.6 Å². The van der Waals surface area contributed by atoms with Crippen molar-refractivity contribution in [3.63, 3.8) is 0 Å². The van der Waals surface area contributed by atoms with E-state index in [-0.39, 0.29) is 17.7 Å². The molecule has 2 aliphatic heterocycles. The molecule has 2 aliphatic rings. The topological polar surface area (TPSA) is 84.7 Å². The molecule has 23 heavy (non-hydrogen) atoms. The molecule has 2 saturated heterocycles. The Morgan fingerprint density at radius 3 is 2.74 bits per heavy atom. The van der Waals surface area contributed by atoms with Crippen molar-refractivity contribution in [1.82, 2.24) is 10.2 Å². The average molecular weight is 325 g/mol. The van der Waals surface area contributed by atoms with Crippen LogP contribution in [0.5, 0.6) is 0 Å². The van der Waals surface area contributed by atoms with Crippen molar-refractivity contribution in [2.45, 2.75) is 51.5 Å². The standard InChI is InChI=1S/C17H31N3O3/c1-2-4-15(21)19-11-13-5-3-8-20(12-13)17(22)16(18)14-6-9-23-10-7-14/h13-14,16H,2-12,18H2,1H3,(H,19,21). The number of amides is 2. The van der Waals surface area contributed by atoms with Crippen LogP contribution in [0.15, 0.2) is 0 Å². The van der Waals surface area contributed by atoms with Crippen LogP contribution < -0.4 is 11.1 Å². The zero-order chi connectivity index (χ0) is 16.7. The molecule has 6 nitrogen and oxygen atoms in total. The van der Waals surface area contributed by atoms with E-state index in [2.05, 4.69) is 5.32 Å². The van der Waals surface area contributed by atoms with Gasteiger partial charge in [0.1, 0.15) is 0 Å². The lowest BCUT2D eigenvalue weighted by atomic mass is 9.90. The van der Waals surface area contributed by atoms with Crippen LogP contribution in [0.4, 0.5) is 0 Å². The summed E-state index contributed by atoms with van der Waals surface area (Å²) in [6, 6.07) is -0.410. The SMILES string of the molecule is CCCC(=O)NCC1CCCN(C(=O)C(N)C2CCOCC2)C1. The van der Waals surface area contributed by atoms with Crippen molar-refractivity contribution < 1.29 is 14.3 Å². The summed E-state index contributed by atoms with van der Waals surface area (Å²) >= 11 is 0. The van der Waals surface area contributed by atoms with Gasteiger partial charge in [0.15, 0.2) is 0 Å². The minimum Gasteiger partial charge on any atom is -0.381 e. The Hall–Kier alpha value is -1.14. The fourth-order valence-electron chi connectivity index (χ4n) is 3.49. The van der Waals surface area contributed by atoms with Crippen LogP contribution in [-0.4, -0.2) is 55.6 Å². The van der Waals surface area contributed by atoms with Crippen molar-refractivity contribution in [2.75, 3.05) is 32.8 Å². The smallest absolute Gasteiger partial charge is 0.239 e. The highest BCUT2D eigenvalue weighted by Crippen LogP contribution is 2.22. The van der Waals surface area contributed by atoms with E-state index in [9.17, 15) is 9.59 Å². The van der Waals surface area contributed by atoms with Crippen LogP contribution >= 0.6 is 0 Å². The van der Waals surface area contributed by atoms with Crippen LogP contribution in [0, 0.1) is 11.8 Å². The van der Waals surface area contributed by atoms with Crippen LogP contribution in [0.3, 0.4) is 0 Å². The van der Waals surface area contributed by atoms with Gasteiger partial charge in [-0.1, -0.05) is 6.92 Å². The van der Waals surface area contributed by atoms with Crippen molar-refractivity contribution >= 4 is 11.8 Å². The average Bonchev–Trinajstić information content (AvgIpc) is 2.60. The molecule has 0 aromatic carbocycles. The molecule has 2 unspecified atom stereocenters. The maximum absolute atomic E-state index is 12.7. The summed E-state index contributed by atoms with van der Waals surface area (Å²) in [4.78, 5) is 26.2. The fourth-order valence-corrected chi connectivity index (χ4v) is 3.49. The second-order valence-electron chi connectivity index (χ2n) is 6.82. The number of rotatable bonds is 6. The molecule has 0 aromatic heterocycles. The molecular weight excluding hydrogens is 294 g/mol. The van der Waals surface area contributed by atoms with Crippen LogP contribution in [0.25, 0.3) is 0 Å². The summed E-state index contributed by atoms with van der Waals surface area (Å²) < 4.78 is 5.35. The van der Waals surface area contributed by atoms with Gasteiger partial charge < -0.3 is 20.7 Å². The summed E-state index contributed by atoms with van der Waals surface area (Å²) in [6.07, 6.45) is 5.23. The summed E-state index contributed by atoms with van der Waals surface area (Å²) in [7, 11) is 0.